The van der Waals surface area contributed by atoms with Crippen LogP contribution in [0.25, 0.3) is 11.3 Å². The third kappa shape index (κ3) is 3.41. The fraction of sp³-hybridized carbons (Fsp3) is 0. The number of benzene rings is 2. The molecule has 0 unspecified atom stereocenters. The number of rotatable bonds is 3. The van der Waals surface area contributed by atoms with Crippen LogP contribution in [0.3, 0.4) is 0 Å². The summed E-state index contributed by atoms with van der Waals surface area (Å²) in [6.45, 7) is 0. The minimum absolute atomic E-state index is 0.297. The molecule has 2 aromatic carbocycles. The number of nitrogens with zero attached hydrogens (tertiary/aromatic N) is 2. The van der Waals surface area contributed by atoms with E-state index < -0.39 is 11.9 Å². The van der Waals surface area contributed by atoms with E-state index in [0.29, 0.717) is 16.4 Å². The van der Waals surface area contributed by atoms with Gasteiger partial charge >= 0.3 is 6.03 Å². The molecule has 0 spiro atoms. The van der Waals surface area contributed by atoms with Crippen molar-refractivity contribution in [1.82, 2.24) is 10.4 Å². The van der Waals surface area contributed by atoms with Crippen molar-refractivity contribution in [2.24, 2.45) is 5.73 Å². The van der Waals surface area contributed by atoms with Crippen LogP contribution in [0.2, 0.25) is 0 Å². The van der Waals surface area contributed by atoms with E-state index in [2.05, 4.69) is 10.4 Å². The Balaban J connectivity index is 1.83. The van der Waals surface area contributed by atoms with Gasteiger partial charge in [0.25, 0.3) is 5.91 Å². The van der Waals surface area contributed by atoms with Gasteiger partial charge in [-0.3, -0.25) is 10.2 Å². The summed E-state index contributed by atoms with van der Waals surface area (Å²) in [5, 5.41) is 3.05. The molecule has 3 aromatic rings. The van der Waals surface area contributed by atoms with Crippen molar-refractivity contribution < 1.29 is 9.59 Å². The van der Waals surface area contributed by atoms with Gasteiger partial charge in [-0.05, 0) is 12.1 Å². The van der Waals surface area contributed by atoms with Gasteiger partial charge in [-0.2, -0.15) is 5.01 Å². The van der Waals surface area contributed by atoms with Crippen LogP contribution in [0.15, 0.2) is 66.0 Å². The molecule has 0 aliphatic heterocycles. The molecule has 120 valence electrons. The van der Waals surface area contributed by atoms with Crippen molar-refractivity contribution in [3.63, 3.8) is 0 Å². The lowest BCUT2D eigenvalue weighted by Gasteiger charge is -2.17. The molecule has 3 amide bonds. The molecule has 0 aliphatic rings. The molecule has 24 heavy (non-hydrogen) atoms. The zero-order chi connectivity index (χ0) is 16.9. The molecule has 3 rings (SSSR count). The molecule has 6 nitrogen and oxygen atoms in total. The standard InChI is InChI=1S/C17H14N4O2S/c18-16(23)21(20-15(22)13-9-5-2-6-10-13)17-19-14(11-24-17)12-7-3-1-4-8-12/h1-11H,(H2,18,23)(H,20,22). The number of nitrogens with one attached hydrogen (secondary N) is 1. The molecule has 0 atom stereocenters. The number of carbonyl (C=O) groups is 2. The summed E-state index contributed by atoms with van der Waals surface area (Å²) in [4.78, 5) is 28.3. The zero-order valence-corrected chi connectivity index (χ0v) is 13.4. The number of anilines is 1. The molecule has 0 bridgehead atoms. The summed E-state index contributed by atoms with van der Waals surface area (Å²) in [5.74, 6) is -0.439. The summed E-state index contributed by atoms with van der Waals surface area (Å²) >= 11 is 1.22. The second-order valence-electron chi connectivity index (χ2n) is 4.86. The molecule has 3 N–H and O–H groups in total. The van der Waals surface area contributed by atoms with Crippen molar-refractivity contribution in [2.45, 2.75) is 0 Å². The Bertz CT molecular complexity index is 849. The zero-order valence-electron chi connectivity index (χ0n) is 12.5. The molecule has 0 aliphatic carbocycles. The lowest BCUT2D eigenvalue weighted by atomic mass is 10.2. The third-order valence-corrected chi connectivity index (χ3v) is 4.05. The highest BCUT2D eigenvalue weighted by Gasteiger charge is 2.20. The van der Waals surface area contributed by atoms with Crippen molar-refractivity contribution in [1.29, 1.82) is 0 Å². The number of amides is 3. The Morgan fingerprint density at radius 1 is 1.00 bits per heavy atom. The van der Waals surface area contributed by atoms with Crippen LogP contribution in [0.4, 0.5) is 9.93 Å². The van der Waals surface area contributed by atoms with Gasteiger partial charge in [-0.15, -0.1) is 11.3 Å². The van der Waals surface area contributed by atoms with E-state index in [1.54, 1.807) is 35.7 Å². The van der Waals surface area contributed by atoms with Crippen molar-refractivity contribution in [2.75, 3.05) is 5.01 Å². The summed E-state index contributed by atoms with van der Waals surface area (Å²) in [5.41, 5.74) is 9.90. The maximum Gasteiger partial charge on any atom is 0.340 e. The third-order valence-electron chi connectivity index (χ3n) is 3.22. The first-order valence-corrected chi connectivity index (χ1v) is 7.99. The second-order valence-corrected chi connectivity index (χ2v) is 5.70. The summed E-state index contributed by atoms with van der Waals surface area (Å²) in [6.07, 6.45) is 0. The molecule has 7 heteroatoms. The number of aromatic nitrogens is 1. The minimum atomic E-state index is -0.812. The predicted octanol–water partition coefficient (Wildman–Crippen LogP) is 3.04. The average Bonchev–Trinajstić information content (AvgIpc) is 3.10. The normalized spacial score (nSPS) is 10.2. The van der Waals surface area contributed by atoms with Gasteiger partial charge in [-0.1, -0.05) is 48.5 Å². The van der Waals surface area contributed by atoms with Crippen LogP contribution in [0.5, 0.6) is 0 Å². The Kier molecular flexibility index (Phi) is 4.53. The van der Waals surface area contributed by atoms with Gasteiger partial charge in [0.15, 0.2) is 0 Å². The Labute approximate surface area is 142 Å². The van der Waals surface area contributed by atoms with E-state index >= 15 is 0 Å². The van der Waals surface area contributed by atoms with Crippen LogP contribution in [-0.2, 0) is 0 Å². The van der Waals surface area contributed by atoms with E-state index in [-0.39, 0.29) is 0 Å². The van der Waals surface area contributed by atoms with Crippen molar-refractivity contribution >= 4 is 28.4 Å². The van der Waals surface area contributed by atoms with E-state index in [4.69, 9.17) is 5.73 Å². The van der Waals surface area contributed by atoms with Gasteiger partial charge in [0.1, 0.15) is 0 Å². The van der Waals surface area contributed by atoms with E-state index in [9.17, 15) is 9.59 Å². The molecule has 0 saturated heterocycles. The predicted molar refractivity (Wildman–Crippen MR) is 93.5 cm³/mol. The number of nitrogens with two attached hydrogens (primary N) is 1. The number of hydrazine groups is 1. The highest BCUT2D eigenvalue weighted by Crippen LogP contribution is 2.26. The first kappa shape index (κ1) is 15.7. The topological polar surface area (TPSA) is 88.3 Å². The SMILES string of the molecule is NC(=O)N(NC(=O)c1ccccc1)c1nc(-c2ccccc2)cs1. The molecular formula is C17H14N4O2S. The van der Waals surface area contributed by atoms with E-state index in [1.807, 2.05) is 30.3 Å². The van der Waals surface area contributed by atoms with Crippen LogP contribution in [0.1, 0.15) is 10.4 Å². The van der Waals surface area contributed by atoms with Crippen LogP contribution >= 0.6 is 11.3 Å². The van der Waals surface area contributed by atoms with Gasteiger partial charge in [0, 0.05) is 16.5 Å². The summed E-state index contributed by atoms with van der Waals surface area (Å²) in [6, 6.07) is 17.3. The smallest absolute Gasteiger partial charge is 0.340 e. The van der Waals surface area contributed by atoms with Gasteiger partial charge in [-0.25, -0.2) is 9.78 Å². The first-order valence-electron chi connectivity index (χ1n) is 7.11. The maximum atomic E-state index is 12.2. The quantitative estimate of drug-likeness (QED) is 0.719. The molecular weight excluding hydrogens is 324 g/mol. The number of thiazole rings is 1. The lowest BCUT2D eigenvalue weighted by Crippen LogP contribution is -2.49. The highest BCUT2D eigenvalue weighted by atomic mass is 32.1. The number of primary amides is 1. The average molecular weight is 338 g/mol. The number of urea groups is 1. The first-order chi connectivity index (χ1) is 11.6. The lowest BCUT2D eigenvalue weighted by molar-refractivity contribution is 0.0951. The Hall–Kier alpha value is -3.19. The van der Waals surface area contributed by atoms with Crippen LogP contribution < -0.4 is 16.2 Å². The minimum Gasteiger partial charge on any atom is -0.350 e. The molecule has 0 radical (unpaired) electrons. The van der Waals surface area contributed by atoms with Gasteiger partial charge < -0.3 is 5.73 Å². The van der Waals surface area contributed by atoms with Crippen LogP contribution in [-0.4, -0.2) is 16.9 Å². The van der Waals surface area contributed by atoms with E-state index in [0.717, 1.165) is 10.6 Å². The molecule has 1 aromatic heterocycles. The number of carbonyl (C=O) groups excluding carboxylic acids is 2. The van der Waals surface area contributed by atoms with Gasteiger partial charge in [0.2, 0.25) is 5.13 Å². The molecule has 0 fully saturated rings. The number of hydrogen-bond acceptors (Lipinski definition) is 4. The highest BCUT2D eigenvalue weighted by molar-refractivity contribution is 7.14. The fourth-order valence-electron chi connectivity index (χ4n) is 2.06. The Morgan fingerprint density at radius 3 is 2.25 bits per heavy atom. The summed E-state index contributed by atoms with van der Waals surface area (Å²) < 4.78 is 0. The fourth-order valence-corrected chi connectivity index (χ4v) is 2.86. The second kappa shape index (κ2) is 6.93. The van der Waals surface area contributed by atoms with Crippen LogP contribution in [0, 0.1) is 0 Å². The Morgan fingerprint density at radius 2 is 1.62 bits per heavy atom. The maximum absolute atomic E-state index is 12.2. The largest absolute Gasteiger partial charge is 0.350 e. The molecule has 0 saturated carbocycles. The number of hydrogen-bond donors (Lipinski definition) is 2. The van der Waals surface area contributed by atoms with Crippen molar-refractivity contribution in [3.8, 4) is 11.3 Å². The molecule has 1 heterocycles. The van der Waals surface area contributed by atoms with Crippen molar-refractivity contribution in [3.05, 3.63) is 71.6 Å². The monoisotopic (exact) mass is 338 g/mol. The van der Waals surface area contributed by atoms with E-state index in [1.165, 1.54) is 11.3 Å². The summed E-state index contributed by atoms with van der Waals surface area (Å²) in [7, 11) is 0. The van der Waals surface area contributed by atoms with Gasteiger partial charge in [0.05, 0.1) is 5.69 Å².